The van der Waals surface area contributed by atoms with Crippen molar-refractivity contribution in [3.05, 3.63) is 23.3 Å². The first-order chi connectivity index (χ1) is 10.9. The van der Waals surface area contributed by atoms with Gasteiger partial charge in [0.15, 0.2) is 0 Å². The summed E-state index contributed by atoms with van der Waals surface area (Å²) in [4.78, 5) is 11.1. The van der Waals surface area contributed by atoms with Crippen LogP contribution in [0.2, 0.25) is 0 Å². The second-order valence-electron chi connectivity index (χ2n) is 8.45. The standard InChI is InChI=1S/C21H35NO/c1-15(2)7-6-8-17(4)18-11-12-21(5,22-14-23)20-10-9-16(3)13-19(18)20/h7,13-14,17-20H,6,8-12H2,1-5H3,(H,22,23)/t17?,18-,19-,20+,21+/m1/s1. The highest BCUT2D eigenvalue weighted by Gasteiger charge is 2.47. The summed E-state index contributed by atoms with van der Waals surface area (Å²) in [5.74, 6) is 2.75. The van der Waals surface area contributed by atoms with E-state index >= 15 is 0 Å². The van der Waals surface area contributed by atoms with Crippen LogP contribution in [0.4, 0.5) is 0 Å². The minimum atomic E-state index is -0.0141. The van der Waals surface area contributed by atoms with Crippen LogP contribution in [0.15, 0.2) is 23.3 Å². The topological polar surface area (TPSA) is 29.1 Å². The smallest absolute Gasteiger partial charge is 0.207 e. The molecule has 2 aliphatic rings. The summed E-state index contributed by atoms with van der Waals surface area (Å²) in [5, 5.41) is 3.17. The molecule has 0 bridgehead atoms. The lowest BCUT2D eigenvalue weighted by atomic mass is 9.56. The zero-order valence-corrected chi connectivity index (χ0v) is 15.7. The van der Waals surface area contributed by atoms with Gasteiger partial charge in [-0.25, -0.2) is 0 Å². The Bertz CT molecular complexity index is 474. The SMILES string of the molecule is CC(C)=CCCC(C)[C@H]1CC[C@](C)(NC=O)[C@H]2CCC(C)=C[C@H]12. The first-order valence-corrected chi connectivity index (χ1v) is 9.39. The molecule has 0 saturated heterocycles. The molecule has 1 fully saturated rings. The Balaban J connectivity index is 2.14. The van der Waals surface area contributed by atoms with Crippen LogP contribution in [-0.2, 0) is 4.79 Å². The van der Waals surface area contributed by atoms with Crippen molar-refractivity contribution < 1.29 is 4.79 Å². The number of carbonyl (C=O) groups excluding carboxylic acids is 1. The minimum absolute atomic E-state index is 0.0141. The van der Waals surface area contributed by atoms with Gasteiger partial charge < -0.3 is 5.32 Å². The van der Waals surface area contributed by atoms with Crippen LogP contribution in [0.5, 0.6) is 0 Å². The van der Waals surface area contributed by atoms with E-state index in [9.17, 15) is 4.79 Å². The Hall–Kier alpha value is -1.05. The molecule has 1 amide bonds. The first-order valence-electron chi connectivity index (χ1n) is 9.39. The molecule has 0 radical (unpaired) electrons. The molecule has 0 heterocycles. The van der Waals surface area contributed by atoms with E-state index in [2.05, 4.69) is 52.1 Å². The summed E-state index contributed by atoms with van der Waals surface area (Å²) >= 11 is 0. The predicted octanol–water partition coefficient (Wildman–Crippen LogP) is 5.26. The number of hydrogen-bond donors (Lipinski definition) is 1. The fourth-order valence-corrected chi connectivity index (χ4v) is 4.94. The molecule has 1 N–H and O–H groups in total. The van der Waals surface area contributed by atoms with Gasteiger partial charge in [-0.05, 0) is 89.9 Å². The fraction of sp³-hybridized carbons (Fsp3) is 0.762. The molecule has 2 nitrogen and oxygen atoms in total. The summed E-state index contributed by atoms with van der Waals surface area (Å²) in [6, 6.07) is 0. The van der Waals surface area contributed by atoms with Crippen LogP contribution in [0.3, 0.4) is 0 Å². The van der Waals surface area contributed by atoms with Gasteiger partial charge in [-0.2, -0.15) is 0 Å². The molecule has 2 rings (SSSR count). The average Bonchev–Trinajstić information content (AvgIpc) is 2.47. The second kappa shape index (κ2) is 7.68. The Morgan fingerprint density at radius 1 is 1.43 bits per heavy atom. The Morgan fingerprint density at radius 3 is 2.83 bits per heavy atom. The first kappa shape index (κ1) is 18.3. The highest BCUT2D eigenvalue weighted by Crippen LogP contribution is 2.50. The van der Waals surface area contributed by atoms with Gasteiger partial charge in [0.2, 0.25) is 6.41 Å². The zero-order valence-electron chi connectivity index (χ0n) is 15.7. The molecule has 0 aromatic carbocycles. The van der Waals surface area contributed by atoms with Crippen molar-refractivity contribution in [2.45, 2.75) is 78.7 Å². The van der Waals surface area contributed by atoms with Gasteiger partial charge in [-0.1, -0.05) is 30.2 Å². The van der Waals surface area contributed by atoms with Gasteiger partial charge in [0.25, 0.3) is 0 Å². The van der Waals surface area contributed by atoms with Gasteiger partial charge in [0, 0.05) is 5.54 Å². The minimum Gasteiger partial charge on any atom is -0.353 e. The third kappa shape index (κ3) is 4.28. The molecular weight excluding hydrogens is 282 g/mol. The molecule has 1 unspecified atom stereocenters. The van der Waals surface area contributed by atoms with Crippen molar-refractivity contribution >= 4 is 6.41 Å². The average molecular weight is 318 g/mol. The molecule has 0 aromatic rings. The van der Waals surface area contributed by atoms with Crippen LogP contribution in [0.1, 0.15) is 73.1 Å². The van der Waals surface area contributed by atoms with Gasteiger partial charge in [-0.15, -0.1) is 0 Å². The van der Waals surface area contributed by atoms with Crippen molar-refractivity contribution in [3.8, 4) is 0 Å². The van der Waals surface area contributed by atoms with Crippen LogP contribution in [0, 0.1) is 23.7 Å². The molecule has 23 heavy (non-hydrogen) atoms. The van der Waals surface area contributed by atoms with Crippen LogP contribution in [0.25, 0.3) is 0 Å². The lowest BCUT2D eigenvalue weighted by Crippen LogP contribution is -2.56. The van der Waals surface area contributed by atoms with Crippen LogP contribution < -0.4 is 5.32 Å². The number of rotatable bonds is 6. The Kier molecular flexibility index (Phi) is 6.11. The van der Waals surface area contributed by atoms with Crippen molar-refractivity contribution in [2.75, 3.05) is 0 Å². The maximum atomic E-state index is 11.1. The highest BCUT2D eigenvalue weighted by atomic mass is 16.1. The molecule has 5 atom stereocenters. The molecule has 0 aromatic heterocycles. The number of amides is 1. The zero-order chi connectivity index (χ0) is 17.0. The van der Waals surface area contributed by atoms with Crippen LogP contribution >= 0.6 is 0 Å². The maximum Gasteiger partial charge on any atom is 0.207 e. The number of fused-ring (bicyclic) bond motifs is 1. The van der Waals surface area contributed by atoms with E-state index in [0.717, 1.165) is 24.7 Å². The summed E-state index contributed by atoms with van der Waals surface area (Å²) < 4.78 is 0. The van der Waals surface area contributed by atoms with E-state index in [0.29, 0.717) is 11.8 Å². The van der Waals surface area contributed by atoms with E-state index in [-0.39, 0.29) is 5.54 Å². The number of allylic oxidation sites excluding steroid dienone is 4. The molecule has 0 spiro atoms. The van der Waals surface area contributed by atoms with E-state index in [1.807, 2.05) is 0 Å². The number of carbonyl (C=O) groups is 1. The monoisotopic (exact) mass is 317 g/mol. The number of hydrogen-bond acceptors (Lipinski definition) is 1. The van der Waals surface area contributed by atoms with Gasteiger partial charge >= 0.3 is 0 Å². The number of nitrogens with one attached hydrogen (secondary N) is 1. The van der Waals surface area contributed by atoms with Gasteiger partial charge in [-0.3, -0.25) is 4.79 Å². The lowest BCUT2D eigenvalue weighted by Gasteiger charge is -2.52. The van der Waals surface area contributed by atoms with Gasteiger partial charge in [0.1, 0.15) is 0 Å². The molecule has 2 heteroatoms. The van der Waals surface area contributed by atoms with Crippen molar-refractivity contribution in [2.24, 2.45) is 23.7 Å². The van der Waals surface area contributed by atoms with Crippen LogP contribution in [-0.4, -0.2) is 11.9 Å². The van der Waals surface area contributed by atoms with E-state index in [1.165, 1.54) is 37.7 Å². The van der Waals surface area contributed by atoms with E-state index in [4.69, 9.17) is 0 Å². The highest BCUT2D eigenvalue weighted by molar-refractivity contribution is 5.48. The third-order valence-electron chi connectivity index (χ3n) is 6.40. The van der Waals surface area contributed by atoms with E-state index in [1.54, 1.807) is 5.57 Å². The molecule has 2 aliphatic carbocycles. The Morgan fingerprint density at radius 2 is 2.17 bits per heavy atom. The molecule has 130 valence electrons. The summed E-state index contributed by atoms with van der Waals surface area (Å²) in [6.07, 6.45) is 13.1. The maximum absolute atomic E-state index is 11.1. The predicted molar refractivity (Wildman–Crippen MR) is 98.1 cm³/mol. The third-order valence-corrected chi connectivity index (χ3v) is 6.40. The lowest BCUT2D eigenvalue weighted by molar-refractivity contribution is -0.113. The van der Waals surface area contributed by atoms with E-state index < -0.39 is 0 Å². The summed E-state index contributed by atoms with van der Waals surface area (Å²) in [6.45, 7) is 11.3. The largest absolute Gasteiger partial charge is 0.353 e. The van der Waals surface area contributed by atoms with Gasteiger partial charge in [0.05, 0.1) is 0 Å². The molecule has 1 saturated carbocycles. The summed E-state index contributed by atoms with van der Waals surface area (Å²) in [7, 11) is 0. The normalized spacial score (nSPS) is 34.8. The fourth-order valence-electron chi connectivity index (χ4n) is 4.94. The van der Waals surface area contributed by atoms with Crippen molar-refractivity contribution in [1.29, 1.82) is 0 Å². The summed E-state index contributed by atoms with van der Waals surface area (Å²) in [5.41, 5.74) is 2.96. The molecule has 0 aliphatic heterocycles. The Labute approximate surface area is 142 Å². The quantitative estimate of drug-likeness (QED) is 0.525. The van der Waals surface area contributed by atoms with Crippen molar-refractivity contribution in [3.63, 3.8) is 0 Å². The second-order valence-corrected chi connectivity index (χ2v) is 8.45. The molecular formula is C21H35NO. The van der Waals surface area contributed by atoms with Crippen molar-refractivity contribution in [1.82, 2.24) is 5.32 Å².